The van der Waals surface area contributed by atoms with Gasteiger partial charge in [0.15, 0.2) is 0 Å². The summed E-state index contributed by atoms with van der Waals surface area (Å²) in [5.74, 6) is -0.608. The smallest absolute Gasteiger partial charge is 0.337 e. The van der Waals surface area contributed by atoms with E-state index in [0.717, 1.165) is 44.5 Å². The van der Waals surface area contributed by atoms with Gasteiger partial charge in [0.2, 0.25) is 5.91 Å². The summed E-state index contributed by atoms with van der Waals surface area (Å²) in [6.07, 6.45) is 3.90. The Morgan fingerprint density at radius 3 is 2.61 bits per heavy atom. The molecular formula is C23H26N2O3. The van der Waals surface area contributed by atoms with Crippen molar-refractivity contribution >= 4 is 23.3 Å². The highest BCUT2D eigenvalue weighted by molar-refractivity contribution is 6.02. The van der Waals surface area contributed by atoms with Crippen LogP contribution in [0, 0.1) is 12.8 Å². The first-order valence-electron chi connectivity index (χ1n) is 10.0. The molecule has 4 rings (SSSR count). The normalized spacial score (nSPS) is 19.3. The summed E-state index contributed by atoms with van der Waals surface area (Å²) in [5, 5.41) is 12.5. The second-order valence-corrected chi connectivity index (χ2v) is 8.00. The van der Waals surface area contributed by atoms with Crippen LogP contribution in [0.25, 0.3) is 0 Å². The number of carboxylic acids is 1. The fourth-order valence-corrected chi connectivity index (χ4v) is 4.11. The Kier molecular flexibility index (Phi) is 5.07. The average molecular weight is 378 g/mol. The average Bonchev–Trinajstić information content (AvgIpc) is 3.10. The largest absolute Gasteiger partial charge is 0.478 e. The number of nitrogens with one attached hydrogen (secondary N) is 1. The van der Waals surface area contributed by atoms with E-state index in [-0.39, 0.29) is 17.4 Å². The lowest BCUT2D eigenvalue weighted by Crippen LogP contribution is -2.28. The molecule has 2 N–H and O–H groups in total. The van der Waals surface area contributed by atoms with Crippen molar-refractivity contribution in [2.75, 3.05) is 23.3 Å². The van der Waals surface area contributed by atoms with Crippen molar-refractivity contribution in [3.05, 3.63) is 59.2 Å². The summed E-state index contributed by atoms with van der Waals surface area (Å²) in [7, 11) is 0. The van der Waals surface area contributed by atoms with Gasteiger partial charge in [0.05, 0.1) is 11.3 Å². The summed E-state index contributed by atoms with van der Waals surface area (Å²) in [5.41, 5.74) is 4.04. The van der Waals surface area contributed by atoms with Crippen molar-refractivity contribution in [1.82, 2.24) is 0 Å². The van der Waals surface area contributed by atoms with Gasteiger partial charge in [-0.2, -0.15) is 0 Å². The molecule has 0 spiro atoms. The first-order chi connectivity index (χ1) is 13.5. The molecule has 1 saturated carbocycles. The van der Waals surface area contributed by atoms with Crippen molar-refractivity contribution in [2.24, 2.45) is 5.92 Å². The number of anilines is 2. The van der Waals surface area contributed by atoms with E-state index in [1.807, 2.05) is 6.07 Å². The van der Waals surface area contributed by atoms with Gasteiger partial charge in [-0.25, -0.2) is 4.79 Å². The van der Waals surface area contributed by atoms with Crippen molar-refractivity contribution in [3.8, 4) is 0 Å². The quantitative estimate of drug-likeness (QED) is 0.808. The second-order valence-electron chi connectivity index (χ2n) is 8.00. The lowest BCUT2D eigenvalue weighted by atomic mass is 9.85. The minimum atomic E-state index is -1.01. The van der Waals surface area contributed by atoms with E-state index in [1.165, 1.54) is 11.1 Å². The molecule has 1 heterocycles. The minimum Gasteiger partial charge on any atom is -0.478 e. The van der Waals surface area contributed by atoms with Crippen LogP contribution in [0.15, 0.2) is 42.5 Å². The van der Waals surface area contributed by atoms with Crippen molar-refractivity contribution in [2.45, 2.75) is 38.5 Å². The number of hydrogen-bond donors (Lipinski definition) is 2. The van der Waals surface area contributed by atoms with Gasteiger partial charge in [-0.05, 0) is 49.9 Å². The molecule has 2 aliphatic rings. The number of benzene rings is 2. The maximum Gasteiger partial charge on any atom is 0.337 e. The van der Waals surface area contributed by atoms with Gasteiger partial charge in [-0.15, -0.1) is 0 Å². The molecular weight excluding hydrogens is 352 g/mol. The number of hydrogen-bond acceptors (Lipinski definition) is 3. The van der Waals surface area contributed by atoms with Crippen LogP contribution in [-0.2, 0) is 4.79 Å². The zero-order chi connectivity index (χ0) is 19.7. The monoisotopic (exact) mass is 378 g/mol. The third-order valence-corrected chi connectivity index (χ3v) is 6.03. The van der Waals surface area contributed by atoms with Crippen LogP contribution in [0.1, 0.15) is 53.1 Å². The third kappa shape index (κ3) is 3.75. The van der Waals surface area contributed by atoms with Crippen molar-refractivity contribution in [3.63, 3.8) is 0 Å². The van der Waals surface area contributed by atoms with Gasteiger partial charge < -0.3 is 15.3 Å². The van der Waals surface area contributed by atoms with E-state index in [9.17, 15) is 14.7 Å². The Hall–Kier alpha value is -2.82. The lowest BCUT2D eigenvalue weighted by Gasteiger charge is -2.25. The van der Waals surface area contributed by atoms with Crippen molar-refractivity contribution < 1.29 is 14.7 Å². The third-order valence-electron chi connectivity index (χ3n) is 6.03. The van der Waals surface area contributed by atoms with E-state index in [1.54, 1.807) is 12.1 Å². The summed E-state index contributed by atoms with van der Waals surface area (Å²) >= 11 is 0. The molecule has 5 nitrogen and oxygen atoms in total. The summed E-state index contributed by atoms with van der Waals surface area (Å²) in [4.78, 5) is 26.2. The molecule has 0 bridgehead atoms. The fourth-order valence-electron chi connectivity index (χ4n) is 4.11. The van der Waals surface area contributed by atoms with Gasteiger partial charge in [0.1, 0.15) is 0 Å². The van der Waals surface area contributed by atoms with E-state index in [2.05, 4.69) is 41.4 Å². The second kappa shape index (κ2) is 7.66. The topological polar surface area (TPSA) is 69.6 Å². The van der Waals surface area contributed by atoms with Crippen molar-refractivity contribution in [1.29, 1.82) is 0 Å². The standard InChI is InChI=1S/C23H26N2O3/c1-15-4-2-7-17(12-15)18-10-11-25(14-18)19-8-9-21(20(13-19)23(27)28)24-22(26)16-5-3-6-16/h2,4,7-9,12-13,16,18H,3,5-6,10-11,14H2,1H3,(H,24,26)(H,27,28). The maximum atomic E-state index is 12.2. The summed E-state index contributed by atoms with van der Waals surface area (Å²) in [6, 6.07) is 13.9. The number of carbonyl (C=O) groups is 2. The van der Waals surface area contributed by atoms with E-state index in [4.69, 9.17) is 0 Å². The molecule has 1 unspecified atom stereocenters. The Balaban J connectivity index is 1.51. The zero-order valence-electron chi connectivity index (χ0n) is 16.1. The molecule has 5 heteroatoms. The summed E-state index contributed by atoms with van der Waals surface area (Å²) < 4.78 is 0. The van der Waals surface area contributed by atoms with Crippen LogP contribution < -0.4 is 10.2 Å². The number of carbonyl (C=O) groups excluding carboxylic acids is 1. The highest BCUT2D eigenvalue weighted by Crippen LogP contribution is 2.33. The molecule has 146 valence electrons. The Morgan fingerprint density at radius 1 is 1.11 bits per heavy atom. The molecule has 1 aliphatic heterocycles. The molecule has 2 aromatic carbocycles. The van der Waals surface area contributed by atoms with Gasteiger partial charge in [0.25, 0.3) is 0 Å². The fraction of sp³-hybridized carbons (Fsp3) is 0.391. The predicted octanol–water partition coefficient (Wildman–Crippen LogP) is 4.43. The number of amides is 1. The van der Waals surface area contributed by atoms with Gasteiger partial charge in [-0.1, -0.05) is 36.2 Å². The number of carboxylic acid groups (broad SMARTS) is 1. The molecule has 1 amide bonds. The number of nitrogens with zero attached hydrogens (tertiary/aromatic N) is 1. The highest BCUT2D eigenvalue weighted by Gasteiger charge is 2.28. The van der Waals surface area contributed by atoms with Crippen LogP contribution >= 0.6 is 0 Å². The van der Waals surface area contributed by atoms with Gasteiger partial charge >= 0.3 is 5.97 Å². The number of rotatable bonds is 5. The Morgan fingerprint density at radius 2 is 1.93 bits per heavy atom. The maximum absolute atomic E-state index is 12.2. The summed E-state index contributed by atoms with van der Waals surface area (Å²) in [6.45, 7) is 3.87. The van der Waals surface area contributed by atoms with Crippen LogP contribution in [-0.4, -0.2) is 30.1 Å². The van der Waals surface area contributed by atoms with Crippen LogP contribution in [0.2, 0.25) is 0 Å². The molecule has 1 saturated heterocycles. The van der Waals surface area contributed by atoms with E-state index >= 15 is 0 Å². The molecule has 28 heavy (non-hydrogen) atoms. The Bertz CT molecular complexity index is 904. The molecule has 0 aromatic heterocycles. The van der Waals surface area contributed by atoms with E-state index in [0.29, 0.717) is 11.6 Å². The predicted molar refractivity (Wildman–Crippen MR) is 110 cm³/mol. The molecule has 2 aromatic rings. The highest BCUT2D eigenvalue weighted by atomic mass is 16.4. The van der Waals surface area contributed by atoms with Crippen LogP contribution in [0.5, 0.6) is 0 Å². The van der Waals surface area contributed by atoms with Gasteiger partial charge in [-0.3, -0.25) is 4.79 Å². The SMILES string of the molecule is Cc1cccc(C2CCN(c3ccc(NC(=O)C4CCC4)c(C(=O)O)c3)C2)c1. The zero-order valence-corrected chi connectivity index (χ0v) is 16.1. The first-order valence-corrected chi connectivity index (χ1v) is 10.0. The van der Waals surface area contributed by atoms with Crippen LogP contribution in [0.3, 0.4) is 0 Å². The van der Waals surface area contributed by atoms with Crippen LogP contribution in [0.4, 0.5) is 11.4 Å². The number of aromatic carboxylic acids is 1. The Labute approximate surface area is 165 Å². The minimum absolute atomic E-state index is 0.0231. The molecule has 2 fully saturated rings. The lowest BCUT2D eigenvalue weighted by molar-refractivity contribution is -0.122. The number of aryl methyl sites for hydroxylation is 1. The first kappa shape index (κ1) is 18.5. The van der Waals surface area contributed by atoms with E-state index < -0.39 is 5.97 Å². The molecule has 1 atom stereocenters. The molecule has 1 aliphatic carbocycles. The van der Waals surface area contributed by atoms with Gasteiger partial charge in [0, 0.05) is 30.6 Å². The molecule has 0 radical (unpaired) electrons.